The number of piperidine rings is 1. The number of rotatable bonds is 3. The molecular weight excluding hydrogens is 266 g/mol. The average molecular weight is 281 g/mol. The number of amides is 2. The first-order chi connectivity index (χ1) is 8.78. The summed E-state index contributed by atoms with van der Waals surface area (Å²) in [7, 11) is 0. The Morgan fingerprint density at radius 2 is 1.89 bits per heavy atom. The Morgan fingerprint density at radius 3 is 2.37 bits per heavy atom. The van der Waals surface area contributed by atoms with Gasteiger partial charge in [0.15, 0.2) is 0 Å². The van der Waals surface area contributed by atoms with Gasteiger partial charge >= 0.3 is 5.97 Å². The van der Waals surface area contributed by atoms with Crippen molar-refractivity contribution in [1.29, 1.82) is 0 Å². The van der Waals surface area contributed by atoms with Crippen molar-refractivity contribution >= 4 is 29.1 Å². The number of hydrogen-bond acceptors (Lipinski definition) is 4. The van der Waals surface area contributed by atoms with E-state index < -0.39 is 5.97 Å². The average Bonchev–Trinajstić information content (AvgIpc) is 2.70. The molecule has 2 rings (SSSR count). The van der Waals surface area contributed by atoms with Crippen molar-refractivity contribution in [3.05, 3.63) is 21.9 Å². The van der Waals surface area contributed by atoms with Crippen LogP contribution in [0.3, 0.4) is 0 Å². The van der Waals surface area contributed by atoms with Crippen LogP contribution in [-0.2, 0) is 16.1 Å². The Kier molecular flexibility index (Phi) is 3.45. The zero-order chi connectivity index (χ0) is 14.2. The quantitative estimate of drug-likeness (QED) is 0.861. The van der Waals surface area contributed by atoms with Crippen LogP contribution in [-0.4, -0.2) is 27.8 Å². The zero-order valence-electron chi connectivity index (χ0n) is 10.8. The van der Waals surface area contributed by atoms with Crippen LogP contribution >= 0.6 is 11.3 Å². The van der Waals surface area contributed by atoms with Gasteiger partial charge in [0, 0.05) is 17.7 Å². The van der Waals surface area contributed by atoms with Gasteiger partial charge in [-0.1, -0.05) is 13.8 Å². The van der Waals surface area contributed by atoms with E-state index >= 15 is 0 Å². The summed E-state index contributed by atoms with van der Waals surface area (Å²) in [6, 6.07) is 3.14. The summed E-state index contributed by atoms with van der Waals surface area (Å²) in [4.78, 5) is 36.8. The van der Waals surface area contributed by atoms with Crippen LogP contribution in [0.15, 0.2) is 12.1 Å². The van der Waals surface area contributed by atoms with Crippen LogP contribution < -0.4 is 0 Å². The molecule has 1 saturated heterocycles. The fraction of sp³-hybridized carbons (Fsp3) is 0.462. The molecule has 0 aliphatic carbocycles. The molecule has 0 atom stereocenters. The molecule has 2 amide bonds. The van der Waals surface area contributed by atoms with Crippen molar-refractivity contribution in [3.63, 3.8) is 0 Å². The maximum atomic E-state index is 12.0. The van der Waals surface area contributed by atoms with Gasteiger partial charge in [0.2, 0.25) is 11.8 Å². The number of carbonyl (C=O) groups excluding carboxylic acids is 2. The molecule has 6 heteroatoms. The molecule has 5 nitrogen and oxygen atoms in total. The first-order valence-corrected chi connectivity index (χ1v) is 6.75. The van der Waals surface area contributed by atoms with Crippen LogP contribution in [0.2, 0.25) is 0 Å². The van der Waals surface area contributed by atoms with Gasteiger partial charge in [0.25, 0.3) is 0 Å². The Hall–Kier alpha value is -1.69. The van der Waals surface area contributed by atoms with Crippen molar-refractivity contribution in [2.24, 2.45) is 5.41 Å². The summed E-state index contributed by atoms with van der Waals surface area (Å²) in [6.07, 6.45) is 0.686. The maximum Gasteiger partial charge on any atom is 0.345 e. The van der Waals surface area contributed by atoms with Crippen LogP contribution in [0.1, 0.15) is 41.2 Å². The summed E-state index contributed by atoms with van der Waals surface area (Å²) in [5.41, 5.74) is -0.285. The minimum atomic E-state index is -0.992. The summed E-state index contributed by atoms with van der Waals surface area (Å²) in [5.74, 6) is -1.37. The second-order valence-corrected chi connectivity index (χ2v) is 6.63. The molecule has 19 heavy (non-hydrogen) atoms. The van der Waals surface area contributed by atoms with E-state index in [0.29, 0.717) is 17.7 Å². The lowest BCUT2D eigenvalue weighted by atomic mass is 9.82. The van der Waals surface area contributed by atoms with Crippen molar-refractivity contribution in [2.45, 2.75) is 33.2 Å². The highest BCUT2D eigenvalue weighted by atomic mass is 32.1. The Labute approximate surface area is 114 Å². The van der Waals surface area contributed by atoms with Crippen LogP contribution in [0, 0.1) is 5.41 Å². The highest BCUT2D eigenvalue weighted by molar-refractivity contribution is 7.13. The van der Waals surface area contributed by atoms with Crippen LogP contribution in [0.25, 0.3) is 0 Å². The van der Waals surface area contributed by atoms with E-state index in [1.165, 1.54) is 11.0 Å². The topological polar surface area (TPSA) is 74.7 Å². The zero-order valence-corrected chi connectivity index (χ0v) is 11.6. The highest BCUT2D eigenvalue weighted by Gasteiger charge is 2.37. The fourth-order valence-electron chi connectivity index (χ4n) is 2.12. The van der Waals surface area contributed by atoms with E-state index in [2.05, 4.69) is 0 Å². The molecule has 1 fully saturated rings. The lowest BCUT2D eigenvalue weighted by Crippen LogP contribution is -2.45. The smallest absolute Gasteiger partial charge is 0.345 e. The van der Waals surface area contributed by atoms with E-state index in [1.54, 1.807) is 6.07 Å². The van der Waals surface area contributed by atoms with E-state index in [0.717, 1.165) is 11.3 Å². The van der Waals surface area contributed by atoms with E-state index in [9.17, 15) is 14.4 Å². The molecule has 0 radical (unpaired) electrons. The molecule has 1 aliphatic rings. The number of carboxylic acids is 1. The molecule has 2 heterocycles. The van der Waals surface area contributed by atoms with Crippen molar-refractivity contribution < 1.29 is 19.5 Å². The summed E-state index contributed by atoms with van der Waals surface area (Å²) < 4.78 is 0. The maximum absolute atomic E-state index is 12.0. The van der Waals surface area contributed by atoms with E-state index in [1.807, 2.05) is 13.8 Å². The minimum Gasteiger partial charge on any atom is -0.477 e. The number of aromatic carboxylic acids is 1. The third-order valence-corrected chi connectivity index (χ3v) is 4.11. The van der Waals surface area contributed by atoms with Crippen molar-refractivity contribution in [3.8, 4) is 0 Å². The number of imide groups is 1. The molecule has 1 N–H and O–H groups in total. The van der Waals surface area contributed by atoms with E-state index in [4.69, 9.17) is 5.11 Å². The predicted molar refractivity (Wildman–Crippen MR) is 69.9 cm³/mol. The lowest BCUT2D eigenvalue weighted by Gasteiger charge is -2.34. The second-order valence-electron chi connectivity index (χ2n) is 5.46. The van der Waals surface area contributed by atoms with Gasteiger partial charge in [-0.05, 0) is 17.5 Å². The van der Waals surface area contributed by atoms with Gasteiger partial charge in [-0.2, -0.15) is 0 Å². The number of carbonyl (C=O) groups is 3. The fourth-order valence-corrected chi connectivity index (χ4v) is 2.96. The SMILES string of the molecule is CC1(C)CC(=O)N(Cc2ccc(C(=O)O)s2)C(=O)C1. The van der Waals surface area contributed by atoms with Crippen LogP contribution in [0.4, 0.5) is 0 Å². The van der Waals surface area contributed by atoms with Crippen LogP contribution in [0.5, 0.6) is 0 Å². The molecule has 0 aromatic carbocycles. The monoisotopic (exact) mass is 281 g/mol. The summed E-state index contributed by atoms with van der Waals surface area (Å²) in [5, 5.41) is 8.84. The largest absolute Gasteiger partial charge is 0.477 e. The Balaban J connectivity index is 2.12. The molecule has 0 bridgehead atoms. The number of likely N-dealkylation sites (tertiary alicyclic amines) is 1. The third-order valence-electron chi connectivity index (χ3n) is 3.05. The number of hydrogen-bond donors (Lipinski definition) is 1. The molecule has 1 aromatic rings. The Morgan fingerprint density at radius 1 is 1.32 bits per heavy atom. The summed E-state index contributed by atoms with van der Waals surface area (Å²) in [6.45, 7) is 3.97. The van der Waals surface area contributed by atoms with Gasteiger partial charge in [-0.25, -0.2) is 4.79 Å². The van der Waals surface area contributed by atoms with Gasteiger partial charge in [-0.3, -0.25) is 14.5 Å². The van der Waals surface area contributed by atoms with Gasteiger partial charge in [0.1, 0.15) is 4.88 Å². The van der Waals surface area contributed by atoms with Crippen molar-refractivity contribution in [2.75, 3.05) is 0 Å². The van der Waals surface area contributed by atoms with Gasteiger partial charge in [-0.15, -0.1) is 11.3 Å². The normalized spacial score (nSPS) is 18.7. The molecule has 1 aliphatic heterocycles. The summed E-state index contributed by atoms with van der Waals surface area (Å²) >= 11 is 1.09. The number of thiophene rings is 1. The minimum absolute atomic E-state index is 0.172. The van der Waals surface area contributed by atoms with E-state index in [-0.39, 0.29) is 28.7 Å². The van der Waals surface area contributed by atoms with Gasteiger partial charge < -0.3 is 5.11 Å². The molecule has 102 valence electrons. The first-order valence-electron chi connectivity index (χ1n) is 5.94. The Bertz CT molecular complexity index is 527. The first kappa shape index (κ1) is 13.7. The van der Waals surface area contributed by atoms with Gasteiger partial charge in [0.05, 0.1) is 6.54 Å². The molecule has 0 spiro atoms. The molecule has 0 saturated carbocycles. The third kappa shape index (κ3) is 3.01. The number of nitrogens with zero attached hydrogens (tertiary/aromatic N) is 1. The predicted octanol–water partition coefficient (Wildman–Crippen LogP) is 2.12. The second kappa shape index (κ2) is 4.77. The number of carboxylic acid groups (broad SMARTS) is 1. The van der Waals surface area contributed by atoms with Crippen molar-refractivity contribution in [1.82, 2.24) is 4.90 Å². The standard InChI is InChI=1S/C13H15NO4S/c1-13(2)5-10(15)14(11(16)6-13)7-8-3-4-9(19-8)12(17)18/h3-4H,5-7H2,1-2H3,(H,17,18). The molecule has 0 unspecified atom stereocenters. The highest BCUT2D eigenvalue weighted by Crippen LogP contribution is 2.32. The molecular formula is C13H15NO4S. The molecule has 1 aromatic heterocycles. The lowest BCUT2D eigenvalue weighted by molar-refractivity contribution is -0.153.